The Morgan fingerprint density at radius 2 is 1.83 bits per heavy atom. The molecule has 1 atom stereocenters. The van der Waals surface area contributed by atoms with Gasteiger partial charge in [-0.1, -0.05) is 63.2 Å². The van der Waals surface area contributed by atoms with Crippen LogP contribution in [0, 0.1) is 6.92 Å². The van der Waals surface area contributed by atoms with Crippen molar-refractivity contribution in [2.45, 2.75) is 71.6 Å². The number of ether oxygens (including phenoxy) is 1. The van der Waals surface area contributed by atoms with Crippen molar-refractivity contribution in [3.63, 3.8) is 0 Å². The summed E-state index contributed by atoms with van der Waals surface area (Å²) in [7, 11) is 0. The minimum absolute atomic E-state index is 0.0747. The summed E-state index contributed by atoms with van der Waals surface area (Å²) in [6, 6.07) is 20.2. The molecule has 1 aliphatic heterocycles. The van der Waals surface area contributed by atoms with Crippen LogP contribution in [0.5, 0.6) is 0 Å². The summed E-state index contributed by atoms with van der Waals surface area (Å²) >= 11 is 0. The first-order chi connectivity index (χ1) is 20.2. The molecule has 8 heteroatoms. The molecule has 4 aromatic rings. The molecule has 2 aromatic heterocycles. The van der Waals surface area contributed by atoms with Crippen molar-refractivity contribution in [1.29, 1.82) is 0 Å². The zero-order valence-electron chi connectivity index (χ0n) is 25.0. The quantitative estimate of drug-likeness (QED) is 0.193. The maximum Gasteiger partial charge on any atom is 0.287 e. The van der Waals surface area contributed by atoms with Gasteiger partial charge in [0.05, 0.1) is 6.10 Å². The number of carbonyl (C=O) groups is 1. The van der Waals surface area contributed by atoms with E-state index in [9.17, 15) is 4.79 Å². The lowest BCUT2D eigenvalue weighted by atomic mass is 9.85. The topological polar surface area (TPSA) is 101 Å². The third-order valence-electron chi connectivity index (χ3n) is 7.55. The molecule has 1 saturated heterocycles. The number of aryl methyl sites for hydroxylation is 1. The van der Waals surface area contributed by atoms with Crippen LogP contribution in [-0.4, -0.2) is 35.1 Å². The Balaban J connectivity index is 1.12. The zero-order valence-corrected chi connectivity index (χ0v) is 25.0. The van der Waals surface area contributed by atoms with Gasteiger partial charge in [-0.25, -0.2) is 4.98 Å². The van der Waals surface area contributed by atoms with Crippen molar-refractivity contribution in [3.05, 3.63) is 106 Å². The summed E-state index contributed by atoms with van der Waals surface area (Å²) < 4.78 is 11.6. The van der Waals surface area contributed by atoms with Crippen molar-refractivity contribution < 1.29 is 13.9 Å². The standard InChI is InChI=1S/C34H41N5O3/c1-23-10-11-27(34(2,3)4)18-26(23)19-28-12-13-30(42-28)32(40)37-21-25-8-5-7-24(17-25)20-36-31-14-15-35-33(39-31)38-22-29-9-6-16-41-29/h5,7-8,10-15,17-18,29H,6,9,16,19-22H2,1-4H3,(H,37,40)(H2,35,36,38,39)/t29-/m1/s1. The number of nitrogens with zero attached hydrogens (tertiary/aromatic N) is 2. The van der Waals surface area contributed by atoms with Gasteiger partial charge in [-0.3, -0.25) is 4.79 Å². The zero-order chi connectivity index (χ0) is 29.5. The second kappa shape index (κ2) is 13.2. The number of furan rings is 1. The summed E-state index contributed by atoms with van der Waals surface area (Å²) in [4.78, 5) is 21.7. The van der Waals surface area contributed by atoms with E-state index in [0.717, 1.165) is 42.2 Å². The van der Waals surface area contributed by atoms with Crippen molar-refractivity contribution in [1.82, 2.24) is 15.3 Å². The number of benzene rings is 2. The summed E-state index contributed by atoms with van der Waals surface area (Å²) in [5, 5.41) is 9.61. The van der Waals surface area contributed by atoms with Gasteiger partial charge in [0.15, 0.2) is 5.76 Å². The Morgan fingerprint density at radius 1 is 1.00 bits per heavy atom. The molecule has 1 aliphatic rings. The molecule has 0 unspecified atom stereocenters. The van der Waals surface area contributed by atoms with Crippen LogP contribution in [-0.2, 0) is 29.7 Å². The number of amides is 1. The highest BCUT2D eigenvalue weighted by atomic mass is 16.5. The second-order valence-corrected chi connectivity index (χ2v) is 12.0. The van der Waals surface area contributed by atoms with Crippen LogP contribution in [0.3, 0.4) is 0 Å². The molecular weight excluding hydrogens is 526 g/mol. The maximum atomic E-state index is 12.9. The lowest BCUT2D eigenvalue weighted by Gasteiger charge is -2.20. The molecule has 0 spiro atoms. The molecule has 8 nitrogen and oxygen atoms in total. The highest BCUT2D eigenvalue weighted by molar-refractivity contribution is 5.91. The molecule has 0 aliphatic carbocycles. The Morgan fingerprint density at radius 3 is 2.62 bits per heavy atom. The van der Waals surface area contributed by atoms with Gasteiger partial charge >= 0.3 is 0 Å². The van der Waals surface area contributed by atoms with Gasteiger partial charge < -0.3 is 25.1 Å². The van der Waals surface area contributed by atoms with Crippen LogP contribution >= 0.6 is 0 Å². The van der Waals surface area contributed by atoms with Gasteiger partial charge in [-0.2, -0.15) is 4.98 Å². The molecule has 3 heterocycles. The van der Waals surface area contributed by atoms with Gasteiger partial charge in [0.25, 0.3) is 5.91 Å². The molecular formula is C34H41N5O3. The maximum absolute atomic E-state index is 12.9. The fourth-order valence-corrected chi connectivity index (χ4v) is 4.98. The molecule has 2 aromatic carbocycles. The Bertz CT molecular complexity index is 1500. The third kappa shape index (κ3) is 7.97. The van der Waals surface area contributed by atoms with Gasteiger partial charge in [-0.05, 0) is 71.2 Å². The predicted molar refractivity (Wildman–Crippen MR) is 166 cm³/mol. The van der Waals surface area contributed by atoms with Crippen LogP contribution in [0.25, 0.3) is 0 Å². The first-order valence-corrected chi connectivity index (χ1v) is 14.7. The smallest absolute Gasteiger partial charge is 0.287 e. The molecule has 3 N–H and O–H groups in total. The van der Waals surface area contributed by atoms with Crippen LogP contribution in [0.15, 0.2) is 71.3 Å². The average molecular weight is 568 g/mol. The fourth-order valence-electron chi connectivity index (χ4n) is 4.98. The summed E-state index contributed by atoms with van der Waals surface area (Å²) in [5.41, 5.74) is 5.88. The van der Waals surface area contributed by atoms with E-state index >= 15 is 0 Å². The Kier molecular flexibility index (Phi) is 9.22. The van der Waals surface area contributed by atoms with E-state index in [-0.39, 0.29) is 17.4 Å². The minimum atomic E-state index is -0.228. The number of carbonyl (C=O) groups excluding carboxylic acids is 1. The molecule has 0 saturated carbocycles. The Labute approximate surface area is 248 Å². The normalized spacial score (nSPS) is 15.0. The number of hydrogen-bond donors (Lipinski definition) is 3. The number of hydrogen-bond acceptors (Lipinski definition) is 7. The summed E-state index contributed by atoms with van der Waals surface area (Å²) in [6.45, 7) is 11.3. The van der Waals surface area contributed by atoms with E-state index in [2.05, 4.69) is 77.9 Å². The number of anilines is 2. The van der Waals surface area contributed by atoms with Crippen LogP contribution < -0.4 is 16.0 Å². The number of rotatable bonds is 11. The van der Waals surface area contributed by atoms with Crippen LogP contribution in [0.1, 0.15) is 77.7 Å². The third-order valence-corrected chi connectivity index (χ3v) is 7.55. The lowest BCUT2D eigenvalue weighted by Crippen LogP contribution is -2.22. The predicted octanol–water partition coefficient (Wildman–Crippen LogP) is 6.40. The highest BCUT2D eigenvalue weighted by Crippen LogP contribution is 2.26. The highest BCUT2D eigenvalue weighted by Gasteiger charge is 2.17. The van der Waals surface area contributed by atoms with E-state index in [1.165, 1.54) is 16.7 Å². The van der Waals surface area contributed by atoms with Gasteiger partial charge in [0, 0.05) is 38.9 Å². The molecule has 5 rings (SSSR count). The second-order valence-electron chi connectivity index (χ2n) is 12.0. The number of nitrogens with one attached hydrogen (secondary N) is 3. The largest absolute Gasteiger partial charge is 0.456 e. The molecule has 220 valence electrons. The monoisotopic (exact) mass is 567 g/mol. The lowest BCUT2D eigenvalue weighted by molar-refractivity contribution is 0.0921. The van der Waals surface area contributed by atoms with Gasteiger partial charge in [0.1, 0.15) is 11.6 Å². The Hall–Kier alpha value is -4.17. The van der Waals surface area contributed by atoms with Crippen LogP contribution in [0.4, 0.5) is 11.8 Å². The molecule has 0 bridgehead atoms. The van der Waals surface area contributed by atoms with Crippen molar-refractivity contribution >= 4 is 17.7 Å². The molecule has 1 amide bonds. The first kappa shape index (κ1) is 29.3. The van der Waals surface area contributed by atoms with Crippen molar-refractivity contribution in [3.8, 4) is 0 Å². The minimum Gasteiger partial charge on any atom is -0.456 e. The van der Waals surface area contributed by atoms with Gasteiger partial charge in [-0.15, -0.1) is 0 Å². The van der Waals surface area contributed by atoms with E-state index in [1.807, 2.05) is 30.3 Å². The summed E-state index contributed by atoms with van der Waals surface area (Å²) in [5.74, 6) is 2.19. The average Bonchev–Trinajstić information content (AvgIpc) is 3.67. The van der Waals surface area contributed by atoms with Gasteiger partial charge in [0.2, 0.25) is 5.95 Å². The summed E-state index contributed by atoms with van der Waals surface area (Å²) in [6.07, 6.45) is 4.79. The van der Waals surface area contributed by atoms with E-state index in [4.69, 9.17) is 9.15 Å². The fraction of sp³-hybridized carbons (Fsp3) is 0.382. The van der Waals surface area contributed by atoms with E-state index in [1.54, 1.807) is 12.3 Å². The molecule has 1 fully saturated rings. The SMILES string of the molecule is Cc1ccc(C(C)(C)C)cc1Cc1ccc(C(=O)NCc2cccc(CNc3ccnc(NC[C@H]4CCCO4)n3)c2)o1. The molecule has 42 heavy (non-hydrogen) atoms. The van der Waals surface area contributed by atoms with E-state index in [0.29, 0.717) is 37.8 Å². The van der Waals surface area contributed by atoms with Crippen molar-refractivity contribution in [2.24, 2.45) is 0 Å². The molecule has 0 radical (unpaired) electrons. The van der Waals surface area contributed by atoms with Crippen molar-refractivity contribution in [2.75, 3.05) is 23.8 Å². The first-order valence-electron chi connectivity index (χ1n) is 14.7. The van der Waals surface area contributed by atoms with E-state index < -0.39 is 0 Å². The van der Waals surface area contributed by atoms with Crippen LogP contribution in [0.2, 0.25) is 0 Å². The number of aromatic nitrogens is 2.